The molecule has 4 rings (SSSR count). The van der Waals surface area contributed by atoms with Crippen LogP contribution < -0.4 is 4.74 Å². The van der Waals surface area contributed by atoms with Crippen LogP contribution in [0.15, 0.2) is 70.9 Å². The van der Waals surface area contributed by atoms with Crippen molar-refractivity contribution >= 4 is 17.4 Å². The molecule has 2 aromatic carbocycles. The number of ether oxygens (including phenoxy) is 1. The van der Waals surface area contributed by atoms with Gasteiger partial charge in [-0.3, -0.25) is 9.59 Å². The molecule has 1 aliphatic heterocycles. The summed E-state index contributed by atoms with van der Waals surface area (Å²) < 4.78 is 25.0. The van der Waals surface area contributed by atoms with Crippen molar-refractivity contribution in [3.05, 3.63) is 94.7 Å². The van der Waals surface area contributed by atoms with Crippen LogP contribution in [0.25, 0.3) is 5.76 Å². The van der Waals surface area contributed by atoms with Crippen LogP contribution in [-0.2, 0) is 16.1 Å². The molecule has 1 saturated heterocycles. The van der Waals surface area contributed by atoms with Gasteiger partial charge in [0.15, 0.2) is 0 Å². The molecule has 1 aromatic heterocycles. The molecular formula is C25H22FNO5. The number of aliphatic hydroxyl groups excluding tert-OH is 1. The maximum absolute atomic E-state index is 14.1. The van der Waals surface area contributed by atoms with E-state index in [1.54, 1.807) is 43.3 Å². The Morgan fingerprint density at radius 2 is 1.91 bits per heavy atom. The fourth-order valence-corrected chi connectivity index (χ4v) is 3.77. The fraction of sp³-hybridized carbons (Fsp3) is 0.200. The first-order chi connectivity index (χ1) is 15.4. The van der Waals surface area contributed by atoms with Gasteiger partial charge in [0.25, 0.3) is 11.7 Å². The standard InChI is InChI=1S/C25H22FNO5/c1-3-31-18-10-8-16(9-11-18)22-21(23(28)17-7-6-15(2)20(26)13-17)24(29)25(30)27(22)14-19-5-4-12-32-19/h4-13,22,28H,3,14H2,1-2H3/b23-21+. The molecule has 1 amide bonds. The maximum Gasteiger partial charge on any atom is 0.296 e. The number of hydrogen-bond acceptors (Lipinski definition) is 5. The van der Waals surface area contributed by atoms with E-state index in [-0.39, 0.29) is 17.7 Å². The van der Waals surface area contributed by atoms with Gasteiger partial charge < -0.3 is 19.2 Å². The van der Waals surface area contributed by atoms with Crippen molar-refractivity contribution in [1.29, 1.82) is 0 Å². The normalized spacial score (nSPS) is 17.7. The van der Waals surface area contributed by atoms with Crippen molar-refractivity contribution in [2.75, 3.05) is 6.61 Å². The highest BCUT2D eigenvalue weighted by Crippen LogP contribution is 2.40. The lowest BCUT2D eigenvalue weighted by Crippen LogP contribution is -2.29. The zero-order valence-electron chi connectivity index (χ0n) is 17.7. The van der Waals surface area contributed by atoms with Crippen LogP contribution in [0, 0.1) is 12.7 Å². The summed E-state index contributed by atoms with van der Waals surface area (Å²) in [4.78, 5) is 27.3. The first kappa shape index (κ1) is 21.4. The molecule has 0 spiro atoms. The molecule has 0 radical (unpaired) electrons. The van der Waals surface area contributed by atoms with Gasteiger partial charge in [-0.25, -0.2) is 4.39 Å². The molecule has 0 saturated carbocycles. The Kier molecular flexibility index (Phi) is 5.81. The number of nitrogens with zero attached hydrogens (tertiary/aromatic N) is 1. The number of benzene rings is 2. The van der Waals surface area contributed by atoms with Crippen LogP contribution in [0.2, 0.25) is 0 Å². The number of carbonyl (C=O) groups is 2. The van der Waals surface area contributed by atoms with Crippen molar-refractivity contribution in [3.8, 4) is 5.75 Å². The highest BCUT2D eigenvalue weighted by molar-refractivity contribution is 6.46. The van der Waals surface area contributed by atoms with Crippen molar-refractivity contribution in [2.24, 2.45) is 0 Å². The number of furan rings is 1. The van der Waals surface area contributed by atoms with Gasteiger partial charge in [0.1, 0.15) is 23.1 Å². The second-order valence-corrected chi connectivity index (χ2v) is 7.47. The number of aliphatic hydroxyl groups is 1. The van der Waals surface area contributed by atoms with Crippen LogP contribution in [0.1, 0.15) is 35.4 Å². The molecule has 7 heteroatoms. The van der Waals surface area contributed by atoms with E-state index in [0.717, 1.165) is 6.07 Å². The van der Waals surface area contributed by atoms with Gasteiger partial charge in [-0.05, 0) is 55.3 Å². The summed E-state index contributed by atoms with van der Waals surface area (Å²) in [5, 5.41) is 11.0. The minimum Gasteiger partial charge on any atom is -0.507 e. The van der Waals surface area contributed by atoms with E-state index in [9.17, 15) is 19.1 Å². The third-order valence-electron chi connectivity index (χ3n) is 5.40. The summed E-state index contributed by atoms with van der Waals surface area (Å²) in [6.07, 6.45) is 1.48. The van der Waals surface area contributed by atoms with Crippen LogP contribution in [-0.4, -0.2) is 28.3 Å². The van der Waals surface area contributed by atoms with Crippen molar-refractivity contribution in [2.45, 2.75) is 26.4 Å². The van der Waals surface area contributed by atoms with E-state index >= 15 is 0 Å². The highest BCUT2D eigenvalue weighted by atomic mass is 19.1. The molecule has 0 bridgehead atoms. The van der Waals surface area contributed by atoms with Gasteiger partial charge in [-0.15, -0.1) is 0 Å². The average molecular weight is 435 g/mol. The Bertz CT molecular complexity index is 1180. The fourth-order valence-electron chi connectivity index (χ4n) is 3.77. The van der Waals surface area contributed by atoms with Gasteiger partial charge in [0, 0.05) is 5.56 Å². The average Bonchev–Trinajstić information content (AvgIpc) is 3.38. The molecule has 0 aliphatic carbocycles. The predicted molar refractivity (Wildman–Crippen MR) is 115 cm³/mol. The molecule has 1 unspecified atom stereocenters. The second-order valence-electron chi connectivity index (χ2n) is 7.47. The number of Topliss-reactive ketones (excluding diaryl/α,β-unsaturated/α-hetero) is 1. The number of carbonyl (C=O) groups excluding carboxylic acids is 2. The first-order valence-corrected chi connectivity index (χ1v) is 10.2. The van der Waals surface area contributed by atoms with Crippen LogP contribution in [0.5, 0.6) is 5.75 Å². The lowest BCUT2D eigenvalue weighted by molar-refractivity contribution is -0.140. The van der Waals surface area contributed by atoms with E-state index in [1.807, 2.05) is 6.92 Å². The maximum atomic E-state index is 14.1. The highest BCUT2D eigenvalue weighted by Gasteiger charge is 2.46. The van der Waals surface area contributed by atoms with Crippen molar-refractivity contribution < 1.29 is 28.2 Å². The Labute approximate surface area is 184 Å². The van der Waals surface area contributed by atoms with E-state index in [0.29, 0.717) is 29.2 Å². The predicted octanol–water partition coefficient (Wildman–Crippen LogP) is 4.75. The molecule has 1 fully saturated rings. The molecule has 164 valence electrons. The quantitative estimate of drug-likeness (QED) is 0.343. The Morgan fingerprint density at radius 1 is 1.16 bits per heavy atom. The van der Waals surface area contributed by atoms with Crippen LogP contribution >= 0.6 is 0 Å². The molecule has 1 N–H and O–H groups in total. The number of amides is 1. The smallest absolute Gasteiger partial charge is 0.296 e. The van der Waals surface area contributed by atoms with E-state index in [2.05, 4.69) is 0 Å². The monoisotopic (exact) mass is 435 g/mol. The van der Waals surface area contributed by atoms with Crippen molar-refractivity contribution in [1.82, 2.24) is 4.90 Å². The summed E-state index contributed by atoms with van der Waals surface area (Å²) in [7, 11) is 0. The molecule has 32 heavy (non-hydrogen) atoms. The summed E-state index contributed by atoms with van der Waals surface area (Å²) in [5.74, 6) is -1.42. The molecule has 6 nitrogen and oxygen atoms in total. The zero-order chi connectivity index (χ0) is 22.8. The topological polar surface area (TPSA) is 80.0 Å². The van der Waals surface area contributed by atoms with Crippen LogP contribution in [0.3, 0.4) is 0 Å². The van der Waals surface area contributed by atoms with Gasteiger partial charge in [0.05, 0.1) is 31.0 Å². The van der Waals surface area contributed by atoms with Crippen molar-refractivity contribution in [3.63, 3.8) is 0 Å². The number of rotatable bonds is 6. The molecular weight excluding hydrogens is 413 g/mol. The Morgan fingerprint density at radius 3 is 2.53 bits per heavy atom. The lowest BCUT2D eigenvalue weighted by atomic mass is 9.95. The molecule has 2 heterocycles. The summed E-state index contributed by atoms with van der Waals surface area (Å²) in [5.41, 5.74) is 1.03. The third kappa shape index (κ3) is 3.89. The van der Waals surface area contributed by atoms with Gasteiger partial charge in [0.2, 0.25) is 0 Å². The second kappa shape index (κ2) is 8.70. The summed E-state index contributed by atoms with van der Waals surface area (Å²) in [6.45, 7) is 4.00. The van der Waals surface area contributed by atoms with E-state index in [1.165, 1.54) is 23.3 Å². The molecule has 1 aliphatic rings. The van der Waals surface area contributed by atoms with E-state index < -0.39 is 29.3 Å². The number of ketones is 1. The number of halogens is 1. The minimum absolute atomic E-state index is 0.0362. The molecule has 1 atom stereocenters. The third-order valence-corrected chi connectivity index (χ3v) is 5.40. The number of likely N-dealkylation sites (tertiary alicyclic amines) is 1. The summed E-state index contributed by atoms with van der Waals surface area (Å²) >= 11 is 0. The van der Waals surface area contributed by atoms with E-state index in [4.69, 9.17) is 9.15 Å². The zero-order valence-corrected chi connectivity index (χ0v) is 17.7. The summed E-state index contributed by atoms with van der Waals surface area (Å²) in [6, 6.07) is 13.6. The largest absolute Gasteiger partial charge is 0.507 e. The first-order valence-electron chi connectivity index (χ1n) is 10.2. The van der Waals surface area contributed by atoms with Crippen LogP contribution in [0.4, 0.5) is 4.39 Å². The number of aryl methyl sites for hydroxylation is 1. The lowest BCUT2D eigenvalue weighted by Gasteiger charge is -2.24. The molecule has 3 aromatic rings. The van der Waals surface area contributed by atoms with Gasteiger partial charge >= 0.3 is 0 Å². The van der Waals surface area contributed by atoms with Gasteiger partial charge in [-0.1, -0.05) is 24.3 Å². The number of hydrogen-bond donors (Lipinski definition) is 1. The SMILES string of the molecule is CCOc1ccc(C2/C(=C(\O)c3ccc(C)c(F)c3)C(=O)C(=O)N2Cc2ccco2)cc1. The van der Waals surface area contributed by atoms with Gasteiger partial charge in [-0.2, -0.15) is 0 Å². The Hall–Kier alpha value is -3.87. The Balaban J connectivity index is 1.84. The minimum atomic E-state index is -0.875.